The summed E-state index contributed by atoms with van der Waals surface area (Å²) in [6, 6.07) is -0.488. The summed E-state index contributed by atoms with van der Waals surface area (Å²) in [6.07, 6.45) is 1.98. The van der Waals surface area contributed by atoms with Crippen molar-refractivity contribution in [2.45, 2.75) is 44.4 Å². The van der Waals surface area contributed by atoms with Crippen LogP contribution in [0.5, 0.6) is 0 Å². The number of aromatic carboxylic acids is 1. The van der Waals surface area contributed by atoms with Crippen LogP contribution in [0.4, 0.5) is 20.2 Å². The number of nitrogens with zero attached hydrogens (tertiary/aromatic N) is 2. The summed E-state index contributed by atoms with van der Waals surface area (Å²) in [6.45, 7) is 2.89. The monoisotopic (exact) mass is 404 g/mol. The van der Waals surface area contributed by atoms with Gasteiger partial charge in [-0.25, -0.2) is 13.6 Å². The summed E-state index contributed by atoms with van der Waals surface area (Å²) < 4.78 is 30.7. The molecule has 1 aromatic carbocycles. The summed E-state index contributed by atoms with van der Waals surface area (Å²) in [5.74, 6) is -2.19. The Bertz CT molecular complexity index is 1150. The highest BCUT2D eigenvalue weighted by atomic mass is 19.1. The Morgan fingerprint density at radius 3 is 2.59 bits per heavy atom. The molecule has 9 heteroatoms. The number of carbonyl (C=O) groups is 1. The molecular formula is C20H22F2N4O3. The molecule has 1 saturated heterocycles. The van der Waals surface area contributed by atoms with Crippen molar-refractivity contribution < 1.29 is 18.7 Å². The molecule has 7 nitrogen and oxygen atoms in total. The van der Waals surface area contributed by atoms with Gasteiger partial charge in [-0.15, -0.1) is 0 Å². The Labute approximate surface area is 164 Å². The normalized spacial score (nSPS) is 30.3. The quantitative estimate of drug-likeness (QED) is 0.674. The number of nitrogens with two attached hydrogens (primary N) is 2. The van der Waals surface area contributed by atoms with Crippen molar-refractivity contribution in [3.05, 3.63) is 33.4 Å². The highest BCUT2D eigenvalue weighted by molar-refractivity contribution is 6.01. The van der Waals surface area contributed by atoms with Gasteiger partial charge in [0.25, 0.3) is 0 Å². The molecule has 1 spiro atoms. The lowest BCUT2D eigenvalue weighted by molar-refractivity contribution is 0.0694. The van der Waals surface area contributed by atoms with Crippen molar-refractivity contribution in [2.24, 2.45) is 11.1 Å². The number of carboxylic acids is 1. The zero-order chi connectivity index (χ0) is 20.8. The largest absolute Gasteiger partial charge is 0.477 e. The molecule has 29 heavy (non-hydrogen) atoms. The average Bonchev–Trinajstić information content (AvgIpc) is 3.47. The van der Waals surface area contributed by atoms with E-state index in [0.29, 0.717) is 29.9 Å². The van der Waals surface area contributed by atoms with Crippen molar-refractivity contribution in [1.82, 2.24) is 4.57 Å². The van der Waals surface area contributed by atoms with Crippen LogP contribution in [0.15, 0.2) is 11.0 Å². The highest BCUT2D eigenvalue weighted by Gasteiger charge is 2.56. The fraction of sp³-hybridized carbons (Fsp3) is 0.500. The molecule has 3 aliphatic rings. The van der Waals surface area contributed by atoms with E-state index in [1.807, 2.05) is 4.90 Å². The molecule has 2 aliphatic carbocycles. The molecule has 2 saturated carbocycles. The minimum atomic E-state index is -1.45. The number of aryl methyl sites for hydroxylation is 1. The first kappa shape index (κ1) is 18.4. The molecule has 3 fully saturated rings. The van der Waals surface area contributed by atoms with Crippen molar-refractivity contribution in [1.29, 1.82) is 0 Å². The number of hydrogen-bond donors (Lipinski definition) is 3. The van der Waals surface area contributed by atoms with Crippen LogP contribution in [0.25, 0.3) is 10.9 Å². The van der Waals surface area contributed by atoms with E-state index in [4.69, 9.17) is 11.5 Å². The van der Waals surface area contributed by atoms with Gasteiger partial charge >= 0.3 is 5.97 Å². The van der Waals surface area contributed by atoms with E-state index in [1.165, 1.54) is 4.57 Å². The summed E-state index contributed by atoms with van der Waals surface area (Å²) in [4.78, 5) is 26.2. The van der Waals surface area contributed by atoms with Gasteiger partial charge in [0.2, 0.25) is 5.43 Å². The van der Waals surface area contributed by atoms with Crippen molar-refractivity contribution >= 4 is 28.2 Å². The zero-order valence-corrected chi connectivity index (χ0v) is 15.9. The van der Waals surface area contributed by atoms with Gasteiger partial charge in [-0.05, 0) is 25.3 Å². The molecule has 0 bridgehead atoms. The molecule has 1 aliphatic heterocycles. The fourth-order valence-electron chi connectivity index (χ4n) is 4.94. The minimum Gasteiger partial charge on any atom is -0.477 e. The Morgan fingerprint density at radius 2 is 2.07 bits per heavy atom. The lowest BCUT2D eigenvalue weighted by Crippen LogP contribution is -2.27. The van der Waals surface area contributed by atoms with Gasteiger partial charge in [0.1, 0.15) is 11.7 Å². The van der Waals surface area contributed by atoms with Gasteiger partial charge in [0.15, 0.2) is 5.82 Å². The first-order chi connectivity index (χ1) is 13.7. The molecule has 2 aromatic rings. The third-order valence-electron chi connectivity index (χ3n) is 6.88. The molecule has 0 amide bonds. The lowest BCUT2D eigenvalue weighted by Gasteiger charge is -2.25. The number of carboxylic acid groups (broad SMARTS) is 1. The van der Waals surface area contributed by atoms with Crippen LogP contribution in [0.1, 0.15) is 41.2 Å². The van der Waals surface area contributed by atoms with Crippen LogP contribution in [0.2, 0.25) is 0 Å². The van der Waals surface area contributed by atoms with E-state index < -0.39 is 35.0 Å². The number of nitrogen functional groups attached to an aromatic ring is 1. The van der Waals surface area contributed by atoms with Crippen LogP contribution >= 0.6 is 0 Å². The number of aromatic nitrogens is 1. The fourth-order valence-corrected chi connectivity index (χ4v) is 4.94. The molecule has 4 atom stereocenters. The third-order valence-corrected chi connectivity index (χ3v) is 6.88. The molecule has 5 rings (SSSR count). The van der Waals surface area contributed by atoms with Crippen LogP contribution in [-0.2, 0) is 0 Å². The minimum absolute atomic E-state index is 0.00401. The second-order valence-corrected chi connectivity index (χ2v) is 8.67. The van der Waals surface area contributed by atoms with Gasteiger partial charge in [-0.1, -0.05) is 0 Å². The third kappa shape index (κ3) is 2.43. The number of fused-ring (bicyclic) bond motifs is 1. The maximum Gasteiger partial charge on any atom is 0.341 e. The molecular weight excluding hydrogens is 382 g/mol. The Morgan fingerprint density at radius 1 is 1.41 bits per heavy atom. The van der Waals surface area contributed by atoms with Crippen molar-refractivity contribution in [3.63, 3.8) is 0 Å². The lowest BCUT2D eigenvalue weighted by atomic mass is 10.0. The summed E-state index contributed by atoms with van der Waals surface area (Å²) in [7, 11) is 0. The van der Waals surface area contributed by atoms with Gasteiger partial charge in [0.05, 0.1) is 28.3 Å². The highest BCUT2D eigenvalue weighted by Crippen LogP contribution is 2.53. The molecule has 154 valence electrons. The number of halogens is 2. The molecule has 0 radical (unpaired) electrons. The van der Waals surface area contributed by atoms with Crippen LogP contribution in [0.3, 0.4) is 0 Å². The molecule has 2 heterocycles. The number of benzene rings is 1. The summed E-state index contributed by atoms with van der Waals surface area (Å²) in [5.41, 5.74) is 11.4. The first-order valence-corrected chi connectivity index (χ1v) is 9.70. The summed E-state index contributed by atoms with van der Waals surface area (Å²) in [5, 5.41) is 9.21. The second kappa shape index (κ2) is 5.69. The van der Waals surface area contributed by atoms with Crippen molar-refractivity contribution in [2.75, 3.05) is 23.7 Å². The average molecular weight is 404 g/mol. The number of alkyl halides is 1. The van der Waals surface area contributed by atoms with Gasteiger partial charge in [-0.3, -0.25) is 4.79 Å². The second-order valence-electron chi connectivity index (χ2n) is 8.67. The maximum absolute atomic E-state index is 15.4. The number of pyridine rings is 1. The SMILES string of the molecule is Cc1c(N2CCC3(CC3N)C2)c(F)c(N)c2c(=O)c(C(=O)O)cn([C@@H]3C[C@@H]3F)c12. The van der Waals surface area contributed by atoms with E-state index in [-0.39, 0.29) is 29.0 Å². The van der Waals surface area contributed by atoms with Crippen LogP contribution in [0, 0.1) is 18.2 Å². The number of anilines is 2. The topological polar surface area (TPSA) is 115 Å². The number of rotatable bonds is 3. The smallest absolute Gasteiger partial charge is 0.341 e. The Balaban J connectivity index is 1.78. The van der Waals surface area contributed by atoms with Gasteiger partial charge in [0, 0.05) is 37.2 Å². The van der Waals surface area contributed by atoms with Crippen molar-refractivity contribution in [3.8, 4) is 0 Å². The van der Waals surface area contributed by atoms with Gasteiger partial charge in [-0.2, -0.15) is 0 Å². The van der Waals surface area contributed by atoms with Crippen LogP contribution < -0.4 is 21.8 Å². The predicted octanol–water partition coefficient (Wildman–Crippen LogP) is 1.94. The van der Waals surface area contributed by atoms with Crippen LogP contribution in [-0.4, -0.2) is 40.9 Å². The van der Waals surface area contributed by atoms with E-state index in [2.05, 4.69) is 0 Å². The predicted molar refractivity (Wildman–Crippen MR) is 105 cm³/mol. The van der Waals surface area contributed by atoms with Gasteiger partial charge < -0.3 is 26.0 Å². The first-order valence-electron chi connectivity index (χ1n) is 9.70. The van der Waals surface area contributed by atoms with E-state index >= 15 is 4.39 Å². The number of hydrogen-bond acceptors (Lipinski definition) is 5. The zero-order valence-electron chi connectivity index (χ0n) is 15.9. The molecule has 2 unspecified atom stereocenters. The maximum atomic E-state index is 15.4. The van der Waals surface area contributed by atoms with E-state index in [0.717, 1.165) is 19.0 Å². The van der Waals surface area contributed by atoms with E-state index in [1.54, 1.807) is 6.92 Å². The van der Waals surface area contributed by atoms with E-state index in [9.17, 15) is 19.1 Å². The molecule has 5 N–H and O–H groups in total. The Hall–Kier alpha value is -2.68. The molecule has 1 aromatic heterocycles. The summed E-state index contributed by atoms with van der Waals surface area (Å²) >= 11 is 0. The standard InChI is InChI=1S/C20H22F2N4O3/c1-8-16-13(18(27)9(19(28)29)6-26(16)11-4-10(11)21)15(24)14(22)17(8)25-3-2-20(7-25)5-12(20)23/h6,10-12H,2-5,7,23-24H2,1H3,(H,28,29)/t10-,11+,12?,20?/m0/s1. The Kier molecular flexibility index (Phi) is 3.60.